The number of carbonyl (C=O) groups is 1. The van der Waals surface area contributed by atoms with E-state index in [0.717, 1.165) is 5.56 Å². The summed E-state index contributed by atoms with van der Waals surface area (Å²) < 4.78 is 0. The zero-order valence-electron chi connectivity index (χ0n) is 6.38. The van der Waals surface area contributed by atoms with Crippen molar-refractivity contribution in [1.82, 2.24) is 5.32 Å². The Balaban J connectivity index is 2.78. The van der Waals surface area contributed by atoms with Gasteiger partial charge >= 0.3 is 0 Å². The number of halogens is 1. The van der Waals surface area contributed by atoms with E-state index < -0.39 is 0 Å². The fourth-order valence-electron chi connectivity index (χ4n) is 0.859. The van der Waals surface area contributed by atoms with Crippen molar-refractivity contribution < 1.29 is 4.79 Å². The van der Waals surface area contributed by atoms with Crippen molar-refractivity contribution in [2.45, 2.75) is 6.54 Å². The Kier molecular flexibility index (Phi) is 2.94. The van der Waals surface area contributed by atoms with Crippen LogP contribution in [-0.4, -0.2) is 6.41 Å². The topological polar surface area (TPSA) is 55.1 Å². The highest BCUT2D eigenvalue weighted by Crippen LogP contribution is 2.18. The van der Waals surface area contributed by atoms with Crippen LogP contribution < -0.4 is 11.1 Å². The van der Waals surface area contributed by atoms with Crippen molar-refractivity contribution in [3.8, 4) is 0 Å². The number of hydrogen-bond donors (Lipinski definition) is 2. The van der Waals surface area contributed by atoms with Crippen LogP contribution in [0.3, 0.4) is 0 Å². The predicted octanol–water partition coefficient (Wildman–Crippen LogP) is 1.17. The third kappa shape index (κ3) is 2.13. The molecular weight excluding hydrogens is 176 g/mol. The first-order valence-electron chi connectivity index (χ1n) is 3.45. The van der Waals surface area contributed by atoms with Gasteiger partial charge in [-0.1, -0.05) is 17.7 Å². The second-order valence-corrected chi connectivity index (χ2v) is 2.76. The number of nitrogen functional groups attached to an aromatic ring is 1. The molecule has 0 bridgehead atoms. The summed E-state index contributed by atoms with van der Waals surface area (Å²) in [6.45, 7) is 0.433. The summed E-state index contributed by atoms with van der Waals surface area (Å²) in [6, 6.07) is 5.19. The van der Waals surface area contributed by atoms with E-state index in [9.17, 15) is 4.79 Å². The maximum atomic E-state index is 9.98. The van der Waals surface area contributed by atoms with Crippen LogP contribution in [0.25, 0.3) is 0 Å². The molecule has 0 spiro atoms. The van der Waals surface area contributed by atoms with Gasteiger partial charge in [0.1, 0.15) is 0 Å². The molecule has 12 heavy (non-hydrogen) atoms. The van der Waals surface area contributed by atoms with Crippen molar-refractivity contribution in [1.29, 1.82) is 0 Å². The van der Waals surface area contributed by atoms with Gasteiger partial charge in [0, 0.05) is 17.3 Å². The smallest absolute Gasteiger partial charge is 0.207 e. The van der Waals surface area contributed by atoms with E-state index in [-0.39, 0.29) is 0 Å². The maximum absolute atomic E-state index is 9.98. The van der Waals surface area contributed by atoms with Gasteiger partial charge in [-0.15, -0.1) is 0 Å². The quantitative estimate of drug-likeness (QED) is 0.547. The molecule has 0 aliphatic heterocycles. The molecule has 3 N–H and O–H groups in total. The van der Waals surface area contributed by atoms with Crippen LogP contribution in [0.4, 0.5) is 5.69 Å². The van der Waals surface area contributed by atoms with Crippen molar-refractivity contribution in [2.75, 3.05) is 5.73 Å². The third-order valence-corrected chi connectivity index (χ3v) is 1.80. The number of rotatable bonds is 3. The lowest BCUT2D eigenvalue weighted by Gasteiger charge is -2.03. The standard InChI is InChI=1S/C8H9ClN2O/c9-8-3-7(10)2-1-6(8)4-11-5-12/h1-3,5H,4,10H2,(H,11,12). The summed E-state index contributed by atoms with van der Waals surface area (Å²) in [4.78, 5) is 9.98. The third-order valence-electron chi connectivity index (χ3n) is 1.45. The molecule has 0 unspecified atom stereocenters. The van der Waals surface area contributed by atoms with E-state index in [2.05, 4.69) is 5.32 Å². The average Bonchev–Trinajstić information content (AvgIpc) is 2.03. The summed E-state index contributed by atoms with van der Waals surface area (Å²) in [6.07, 6.45) is 0.632. The molecule has 0 aromatic heterocycles. The summed E-state index contributed by atoms with van der Waals surface area (Å²) in [5, 5.41) is 3.09. The molecule has 4 heteroatoms. The number of nitrogens with two attached hydrogens (primary N) is 1. The second kappa shape index (κ2) is 3.97. The van der Waals surface area contributed by atoms with Gasteiger partial charge in [0.2, 0.25) is 6.41 Å². The fraction of sp³-hybridized carbons (Fsp3) is 0.125. The van der Waals surface area contributed by atoms with Crippen LogP contribution in [0.1, 0.15) is 5.56 Å². The first kappa shape index (κ1) is 8.87. The van der Waals surface area contributed by atoms with E-state index >= 15 is 0 Å². The molecule has 0 saturated carbocycles. The molecule has 0 radical (unpaired) electrons. The highest BCUT2D eigenvalue weighted by molar-refractivity contribution is 6.31. The average molecular weight is 185 g/mol. The van der Waals surface area contributed by atoms with Gasteiger partial charge in [-0.3, -0.25) is 4.79 Å². The van der Waals surface area contributed by atoms with Crippen molar-refractivity contribution in [3.63, 3.8) is 0 Å². The van der Waals surface area contributed by atoms with E-state index in [1.165, 1.54) is 0 Å². The molecule has 64 valence electrons. The van der Waals surface area contributed by atoms with E-state index in [1.807, 2.05) is 0 Å². The maximum Gasteiger partial charge on any atom is 0.207 e. The van der Waals surface area contributed by atoms with Gasteiger partial charge in [-0.05, 0) is 17.7 Å². The first-order chi connectivity index (χ1) is 5.74. The summed E-state index contributed by atoms with van der Waals surface area (Å²) in [5.41, 5.74) is 6.96. The SMILES string of the molecule is Nc1ccc(CNC=O)c(Cl)c1. The molecule has 1 aromatic carbocycles. The van der Waals surface area contributed by atoms with Crippen molar-refractivity contribution >= 4 is 23.7 Å². The Labute approximate surface area is 75.5 Å². The van der Waals surface area contributed by atoms with Crippen molar-refractivity contribution in [3.05, 3.63) is 28.8 Å². The van der Waals surface area contributed by atoms with Crippen LogP contribution >= 0.6 is 11.6 Å². The minimum absolute atomic E-state index is 0.433. The van der Waals surface area contributed by atoms with Gasteiger partial charge in [0.25, 0.3) is 0 Å². The normalized spacial score (nSPS) is 9.42. The first-order valence-corrected chi connectivity index (χ1v) is 3.83. The molecule has 3 nitrogen and oxygen atoms in total. The highest BCUT2D eigenvalue weighted by atomic mass is 35.5. The fourth-order valence-corrected chi connectivity index (χ4v) is 1.11. The van der Waals surface area contributed by atoms with Crippen LogP contribution in [-0.2, 0) is 11.3 Å². The Morgan fingerprint density at radius 1 is 1.58 bits per heavy atom. The number of benzene rings is 1. The molecule has 0 saturated heterocycles. The lowest BCUT2D eigenvalue weighted by molar-refractivity contribution is -0.109. The molecule has 0 heterocycles. The van der Waals surface area contributed by atoms with Gasteiger partial charge in [-0.2, -0.15) is 0 Å². The Hall–Kier alpha value is -1.22. The van der Waals surface area contributed by atoms with Crippen LogP contribution in [0.15, 0.2) is 18.2 Å². The Morgan fingerprint density at radius 3 is 2.92 bits per heavy atom. The number of carbonyl (C=O) groups excluding carboxylic acids is 1. The number of nitrogens with one attached hydrogen (secondary N) is 1. The summed E-state index contributed by atoms with van der Waals surface area (Å²) >= 11 is 5.83. The summed E-state index contributed by atoms with van der Waals surface area (Å²) in [5.74, 6) is 0. The van der Waals surface area contributed by atoms with Gasteiger partial charge in [0.05, 0.1) is 0 Å². The molecule has 1 rings (SSSR count). The molecule has 1 amide bonds. The number of amides is 1. The second-order valence-electron chi connectivity index (χ2n) is 2.35. The number of anilines is 1. The summed E-state index contributed by atoms with van der Waals surface area (Å²) in [7, 11) is 0. The minimum atomic E-state index is 0.433. The Morgan fingerprint density at radius 2 is 2.33 bits per heavy atom. The van der Waals surface area contributed by atoms with E-state index in [1.54, 1.807) is 18.2 Å². The number of hydrogen-bond acceptors (Lipinski definition) is 2. The van der Waals surface area contributed by atoms with Crippen molar-refractivity contribution in [2.24, 2.45) is 0 Å². The minimum Gasteiger partial charge on any atom is -0.399 e. The largest absolute Gasteiger partial charge is 0.399 e. The van der Waals surface area contributed by atoms with Crippen LogP contribution in [0, 0.1) is 0 Å². The molecule has 1 aromatic rings. The van der Waals surface area contributed by atoms with E-state index in [0.29, 0.717) is 23.7 Å². The molecule has 0 atom stereocenters. The highest BCUT2D eigenvalue weighted by Gasteiger charge is 1.98. The van der Waals surface area contributed by atoms with E-state index in [4.69, 9.17) is 17.3 Å². The lowest BCUT2D eigenvalue weighted by Crippen LogP contribution is -2.10. The van der Waals surface area contributed by atoms with Gasteiger partial charge in [0.15, 0.2) is 0 Å². The zero-order chi connectivity index (χ0) is 8.97. The molecule has 0 aliphatic carbocycles. The monoisotopic (exact) mass is 184 g/mol. The van der Waals surface area contributed by atoms with Gasteiger partial charge < -0.3 is 11.1 Å². The van der Waals surface area contributed by atoms with Gasteiger partial charge in [-0.25, -0.2) is 0 Å². The molecule has 0 fully saturated rings. The van der Waals surface area contributed by atoms with Crippen LogP contribution in [0.2, 0.25) is 5.02 Å². The zero-order valence-corrected chi connectivity index (χ0v) is 7.14. The molecular formula is C8H9ClN2O. The lowest BCUT2D eigenvalue weighted by atomic mass is 10.2. The Bertz CT molecular complexity index is 288. The predicted molar refractivity (Wildman–Crippen MR) is 48.8 cm³/mol. The molecule has 0 aliphatic rings. The van der Waals surface area contributed by atoms with Crippen LogP contribution in [0.5, 0.6) is 0 Å².